The first-order valence-electron chi connectivity index (χ1n) is 7.15. The molecule has 4 nitrogen and oxygen atoms in total. The van der Waals surface area contributed by atoms with Gasteiger partial charge in [-0.1, -0.05) is 26.0 Å². The molecule has 1 heterocycles. The number of nitrogens with one attached hydrogen (secondary N) is 1. The second kappa shape index (κ2) is 6.53. The van der Waals surface area contributed by atoms with Gasteiger partial charge in [0, 0.05) is 6.04 Å². The van der Waals surface area contributed by atoms with Crippen LogP contribution in [0.25, 0.3) is 0 Å². The van der Waals surface area contributed by atoms with E-state index < -0.39 is 0 Å². The van der Waals surface area contributed by atoms with E-state index >= 15 is 0 Å². The molecule has 2 rings (SSSR count). The van der Waals surface area contributed by atoms with E-state index in [1.165, 1.54) is 6.42 Å². The molecule has 20 heavy (non-hydrogen) atoms. The van der Waals surface area contributed by atoms with Crippen molar-refractivity contribution >= 4 is 11.6 Å². The summed E-state index contributed by atoms with van der Waals surface area (Å²) in [5.41, 5.74) is 1.10. The summed E-state index contributed by atoms with van der Waals surface area (Å²) in [4.78, 5) is 14.4. The highest BCUT2D eigenvalue weighted by Gasteiger charge is 2.28. The predicted octanol–water partition coefficient (Wildman–Crippen LogP) is 2.62. The minimum atomic E-state index is -0.0414. The third-order valence-electron chi connectivity index (χ3n) is 3.85. The van der Waals surface area contributed by atoms with Crippen LogP contribution in [0.3, 0.4) is 0 Å². The van der Waals surface area contributed by atoms with Crippen molar-refractivity contribution in [3.63, 3.8) is 0 Å². The topological polar surface area (TPSA) is 56.1 Å². The zero-order valence-corrected chi connectivity index (χ0v) is 12.1. The van der Waals surface area contributed by atoms with Crippen molar-refractivity contribution < 1.29 is 4.79 Å². The van der Waals surface area contributed by atoms with Gasteiger partial charge in [-0.2, -0.15) is 5.26 Å². The number of carbonyl (C=O) groups excluding carboxylic acids is 1. The van der Waals surface area contributed by atoms with Crippen LogP contribution >= 0.6 is 0 Å². The number of hydrogen-bond acceptors (Lipinski definition) is 3. The SMILES string of the molecule is CC(C)C1CCCN1CC(=O)Nc1ccccc1C#N. The second-order valence-electron chi connectivity index (χ2n) is 5.63. The van der Waals surface area contributed by atoms with Crippen molar-refractivity contribution in [3.05, 3.63) is 29.8 Å². The summed E-state index contributed by atoms with van der Waals surface area (Å²) in [5, 5.41) is 11.9. The van der Waals surface area contributed by atoms with Crippen LogP contribution in [0.15, 0.2) is 24.3 Å². The summed E-state index contributed by atoms with van der Waals surface area (Å²) in [6.07, 6.45) is 2.32. The number of hydrogen-bond donors (Lipinski definition) is 1. The average molecular weight is 271 g/mol. The first-order valence-corrected chi connectivity index (χ1v) is 7.15. The molecule has 0 radical (unpaired) electrons. The van der Waals surface area contributed by atoms with Gasteiger partial charge in [0.25, 0.3) is 0 Å². The number of amides is 1. The van der Waals surface area contributed by atoms with Crippen LogP contribution in [-0.2, 0) is 4.79 Å². The highest BCUT2D eigenvalue weighted by atomic mass is 16.2. The Morgan fingerprint density at radius 3 is 2.95 bits per heavy atom. The number of rotatable bonds is 4. The second-order valence-corrected chi connectivity index (χ2v) is 5.63. The summed E-state index contributed by atoms with van der Waals surface area (Å²) in [5.74, 6) is 0.525. The third kappa shape index (κ3) is 3.37. The van der Waals surface area contributed by atoms with Crippen LogP contribution in [0.4, 0.5) is 5.69 Å². The van der Waals surface area contributed by atoms with E-state index in [9.17, 15) is 4.79 Å². The van der Waals surface area contributed by atoms with Crippen molar-refractivity contribution in [3.8, 4) is 6.07 Å². The molecule has 0 bridgehead atoms. The molecule has 0 aromatic heterocycles. The molecule has 1 saturated heterocycles. The van der Waals surface area contributed by atoms with Crippen LogP contribution in [-0.4, -0.2) is 29.9 Å². The van der Waals surface area contributed by atoms with Crippen molar-refractivity contribution in [1.29, 1.82) is 5.26 Å². The van der Waals surface area contributed by atoms with E-state index in [-0.39, 0.29) is 5.91 Å². The Hall–Kier alpha value is -1.86. The summed E-state index contributed by atoms with van der Waals surface area (Å²) in [7, 11) is 0. The smallest absolute Gasteiger partial charge is 0.238 e. The molecule has 1 aromatic rings. The Labute approximate surface area is 120 Å². The van der Waals surface area contributed by atoms with Crippen molar-refractivity contribution in [2.45, 2.75) is 32.7 Å². The Morgan fingerprint density at radius 2 is 2.25 bits per heavy atom. The third-order valence-corrected chi connectivity index (χ3v) is 3.85. The zero-order chi connectivity index (χ0) is 14.5. The molecule has 1 aliphatic heterocycles. The lowest BCUT2D eigenvalue weighted by molar-refractivity contribution is -0.117. The molecule has 1 N–H and O–H groups in total. The highest BCUT2D eigenvalue weighted by molar-refractivity contribution is 5.93. The number of para-hydroxylation sites is 1. The molecule has 1 atom stereocenters. The lowest BCUT2D eigenvalue weighted by Gasteiger charge is -2.26. The van der Waals surface area contributed by atoms with Gasteiger partial charge in [-0.05, 0) is 37.4 Å². The Morgan fingerprint density at radius 1 is 1.50 bits per heavy atom. The summed E-state index contributed by atoms with van der Waals surface area (Å²) in [6, 6.07) is 9.68. The molecule has 0 saturated carbocycles. The molecule has 4 heteroatoms. The minimum absolute atomic E-state index is 0.0414. The van der Waals surface area contributed by atoms with Crippen LogP contribution < -0.4 is 5.32 Å². The predicted molar refractivity (Wildman–Crippen MR) is 79.2 cm³/mol. The van der Waals surface area contributed by atoms with Gasteiger partial charge < -0.3 is 5.32 Å². The van der Waals surface area contributed by atoms with E-state index in [2.05, 4.69) is 30.1 Å². The number of carbonyl (C=O) groups is 1. The molecule has 1 unspecified atom stereocenters. The van der Waals surface area contributed by atoms with E-state index in [0.717, 1.165) is 13.0 Å². The van der Waals surface area contributed by atoms with Gasteiger partial charge in [0.05, 0.1) is 17.8 Å². The largest absolute Gasteiger partial charge is 0.324 e. The van der Waals surface area contributed by atoms with Gasteiger partial charge in [-0.25, -0.2) is 0 Å². The Kier molecular flexibility index (Phi) is 4.75. The standard InChI is InChI=1S/C16H21N3O/c1-12(2)15-8-5-9-19(15)11-16(20)18-14-7-4-3-6-13(14)10-17/h3-4,6-7,12,15H,5,8-9,11H2,1-2H3,(H,18,20). The van der Waals surface area contributed by atoms with E-state index in [1.54, 1.807) is 18.2 Å². The molecule has 1 amide bonds. The number of anilines is 1. The fraction of sp³-hybridized carbons (Fsp3) is 0.500. The fourth-order valence-electron chi connectivity index (χ4n) is 2.87. The zero-order valence-electron chi connectivity index (χ0n) is 12.1. The molecule has 0 aliphatic carbocycles. The summed E-state index contributed by atoms with van der Waals surface area (Å²) in [6.45, 7) is 5.79. The highest BCUT2D eigenvalue weighted by Crippen LogP contribution is 2.23. The van der Waals surface area contributed by atoms with Gasteiger partial charge in [-0.15, -0.1) is 0 Å². The first-order chi connectivity index (χ1) is 9.61. The maximum absolute atomic E-state index is 12.1. The average Bonchev–Trinajstić information content (AvgIpc) is 2.87. The van der Waals surface area contributed by atoms with E-state index in [4.69, 9.17) is 5.26 Å². The van der Waals surface area contributed by atoms with Gasteiger partial charge in [0.15, 0.2) is 0 Å². The van der Waals surface area contributed by atoms with Gasteiger partial charge in [0.1, 0.15) is 6.07 Å². The molecular formula is C16H21N3O. The molecule has 106 valence electrons. The van der Waals surface area contributed by atoms with Gasteiger partial charge >= 0.3 is 0 Å². The maximum Gasteiger partial charge on any atom is 0.238 e. The Bertz CT molecular complexity index is 519. The fourth-order valence-corrected chi connectivity index (χ4v) is 2.87. The quantitative estimate of drug-likeness (QED) is 0.915. The molecule has 1 fully saturated rings. The molecule has 1 aromatic carbocycles. The summed E-state index contributed by atoms with van der Waals surface area (Å²) >= 11 is 0. The number of nitriles is 1. The Balaban J connectivity index is 1.98. The van der Waals surface area contributed by atoms with Crippen LogP contribution in [0.5, 0.6) is 0 Å². The van der Waals surface area contributed by atoms with E-state index in [1.807, 2.05) is 6.07 Å². The number of benzene rings is 1. The minimum Gasteiger partial charge on any atom is -0.324 e. The van der Waals surface area contributed by atoms with E-state index in [0.29, 0.717) is 29.8 Å². The monoisotopic (exact) mass is 271 g/mol. The van der Waals surface area contributed by atoms with Crippen LogP contribution in [0, 0.1) is 17.2 Å². The molecule has 0 spiro atoms. The summed E-state index contributed by atoms with van der Waals surface area (Å²) < 4.78 is 0. The number of likely N-dealkylation sites (tertiary alicyclic amines) is 1. The lowest BCUT2D eigenvalue weighted by atomic mass is 10.0. The van der Waals surface area contributed by atoms with Gasteiger partial charge in [0.2, 0.25) is 5.91 Å². The van der Waals surface area contributed by atoms with Crippen molar-refractivity contribution in [2.75, 3.05) is 18.4 Å². The van der Waals surface area contributed by atoms with Crippen LogP contribution in [0.2, 0.25) is 0 Å². The van der Waals surface area contributed by atoms with Crippen molar-refractivity contribution in [2.24, 2.45) is 5.92 Å². The van der Waals surface area contributed by atoms with Crippen LogP contribution in [0.1, 0.15) is 32.3 Å². The maximum atomic E-state index is 12.1. The number of nitrogens with zero attached hydrogens (tertiary/aromatic N) is 2. The first kappa shape index (κ1) is 14.5. The molecule has 1 aliphatic rings. The molecular weight excluding hydrogens is 250 g/mol. The normalized spacial score (nSPS) is 19.0. The lowest BCUT2D eigenvalue weighted by Crippen LogP contribution is -2.39. The van der Waals surface area contributed by atoms with Gasteiger partial charge in [-0.3, -0.25) is 9.69 Å². The van der Waals surface area contributed by atoms with Crippen molar-refractivity contribution in [1.82, 2.24) is 4.90 Å².